The van der Waals surface area contributed by atoms with Crippen LogP contribution in [0, 0.1) is 0 Å². The minimum Gasteiger partial charge on any atom is -0.368 e. The van der Waals surface area contributed by atoms with Crippen molar-refractivity contribution in [3.8, 4) is 0 Å². The topological polar surface area (TPSA) is 105 Å². The van der Waals surface area contributed by atoms with Crippen LogP contribution in [-0.2, 0) is 13.5 Å². The molecule has 0 aliphatic rings. The largest absolute Gasteiger partial charge is 0.368 e. The Labute approximate surface area is 181 Å². The van der Waals surface area contributed by atoms with Crippen LogP contribution < -0.4 is 16.0 Å². The van der Waals surface area contributed by atoms with E-state index in [1.807, 2.05) is 32.2 Å². The van der Waals surface area contributed by atoms with Gasteiger partial charge in [0, 0.05) is 51.5 Å². The molecule has 3 aromatic rings. The summed E-state index contributed by atoms with van der Waals surface area (Å²) in [5.74, 6) is 1.58. The first kappa shape index (κ1) is 21.8. The van der Waals surface area contributed by atoms with Gasteiger partial charge in [-0.05, 0) is 19.1 Å². The molecule has 3 heterocycles. The zero-order valence-electron chi connectivity index (χ0n) is 16.1. The average molecular weight is 495 g/mol. The molecule has 0 saturated carbocycles. The SMILES string of the molecule is CCNC(=NCCc1ccccn1)NCCNc1ncnc2c1cnn2C.I. The van der Waals surface area contributed by atoms with Gasteiger partial charge in [0.15, 0.2) is 11.6 Å². The quantitative estimate of drug-likeness (QED) is 0.189. The molecule has 0 saturated heterocycles. The van der Waals surface area contributed by atoms with Crippen molar-refractivity contribution in [3.63, 3.8) is 0 Å². The predicted octanol–water partition coefficient (Wildman–Crippen LogP) is 1.59. The molecule has 10 heteroatoms. The van der Waals surface area contributed by atoms with E-state index in [4.69, 9.17) is 0 Å². The maximum atomic E-state index is 4.59. The molecule has 28 heavy (non-hydrogen) atoms. The molecule has 3 N–H and O–H groups in total. The zero-order valence-corrected chi connectivity index (χ0v) is 18.4. The number of nitrogens with zero attached hydrogens (tertiary/aromatic N) is 6. The smallest absolute Gasteiger partial charge is 0.191 e. The first-order chi connectivity index (χ1) is 13.3. The van der Waals surface area contributed by atoms with Crippen molar-refractivity contribution < 1.29 is 0 Å². The summed E-state index contributed by atoms with van der Waals surface area (Å²) in [5, 5.41) is 15.0. The van der Waals surface area contributed by atoms with Gasteiger partial charge in [0.25, 0.3) is 0 Å². The standard InChI is InChI=1S/C18H25N9.HI/c1-3-19-18(22-9-7-14-6-4-5-8-20-14)23-11-10-21-16-15-12-26-27(2)17(15)25-13-24-16;/h4-6,8,12-13H,3,7,9-11H2,1-2H3,(H2,19,22,23)(H,21,24,25);1H. The molecule has 0 fully saturated rings. The van der Waals surface area contributed by atoms with Gasteiger partial charge in [-0.3, -0.25) is 14.7 Å². The Balaban J connectivity index is 0.00000280. The lowest BCUT2D eigenvalue weighted by molar-refractivity contribution is 0.785. The molecule has 3 aromatic heterocycles. The fourth-order valence-corrected chi connectivity index (χ4v) is 2.63. The van der Waals surface area contributed by atoms with E-state index in [0.29, 0.717) is 19.6 Å². The summed E-state index contributed by atoms with van der Waals surface area (Å²) in [6.45, 7) is 4.95. The van der Waals surface area contributed by atoms with Gasteiger partial charge in [0.2, 0.25) is 0 Å². The number of anilines is 1. The Morgan fingerprint density at radius 3 is 2.82 bits per heavy atom. The highest BCUT2D eigenvalue weighted by Gasteiger charge is 2.07. The van der Waals surface area contributed by atoms with Gasteiger partial charge in [0.1, 0.15) is 12.1 Å². The van der Waals surface area contributed by atoms with E-state index in [1.54, 1.807) is 23.4 Å². The van der Waals surface area contributed by atoms with E-state index >= 15 is 0 Å². The van der Waals surface area contributed by atoms with E-state index in [-0.39, 0.29) is 24.0 Å². The molecule has 0 aliphatic heterocycles. The molecule has 0 unspecified atom stereocenters. The molecule has 9 nitrogen and oxygen atoms in total. The van der Waals surface area contributed by atoms with Gasteiger partial charge in [-0.15, -0.1) is 24.0 Å². The molecular formula is C18H26IN9. The van der Waals surface area contributed by atoms with Crippen LogP contribution in [0.1, 0.15) is 12.6 Å². The molecule has 0 bridgehead atoms. The summed E-state index contributed by atoms with van der Waals surface area (Å²) < 4.78 is 1.73. The highest BCUT2D eigenvalue weighted by molar-refractivity contribution is 14.0. The van der Waals surface area contributed by atoms with Crippen molar-refractivity contribution in [1.82, 2.24) is 35.4 Å². The Hall–Kier alpha value is -2.50. The Kier molecular flexibility index (Phi) is 8.85. The molecular weight excluding hydrogens is 469 g/mol. The lowest BCUT2D eigenvalue weighted by Gasteiger charge is -2.12. The summed E-state index contributed by atoms with van der Waals surface area (Å²) >= 11 is 0. The van der Waals surface area contributed by atoms with E-state index < -0.39 is 0 Å². The molecule has 150 valence electrons. The summed E-state index contributed by atoms with van der Waals surface area (Å²) in [6.07, 6.45) is 5.94. The Morgan fingerprint density at radius 1 is 1.14 bits per heavy atom. The number of hydrogen-bond donors (Lipinski definition) is 3. The van der Waals surface area contributed by atoms with Gasteiger partial charge >= 0.3 is 0 Å². The maximum absolute atomic E-state index is 4.59. The van der Waals surface area contributed by atoms with Crippen molar-refractivity contribution in [2.75, 3.05) is 31.5 Å². The van der Waals surface area contributed by atoms with Crippen LogP contribution in [0.4, 0.5) is 5.82 Å². The second kappa shape index (κ2) is 11.4. The van der Waals surface area contributed by atoms with Gasteiger partial charge in [0.05, 0.1) is 11.6 Å². The van der Waals surface area contributed by atoms with Crippen LogP contribution in [0.15, 0.2) is 41.9 Å². The number of pyridine rings is 1. The number of halogens is 1. The van der Waals surface area contributed by atoms with Crippen LogP contribution in [0.3, 0.4) is 0 Å². The summed E-state index contributed by atoms with van der Waals surface area (Å²) in [7, 11) is 1.87. The highest BCUT2D eigenvalue weighted by Crippen LogP contribution is 2.16. The van der Waals surface area contributed by atoms with Crippen LogP contribution >= 0.6 is 24.0 Å². The number of aromatic nitrogens is 5. The molecule has 0 aliphatic carbocycles. The third kappa shape index (κ3) is 6.01. The fraction of sp³-hybridized carbons (Fsp3) is 0.389. The van der Waals surface area contributed by atoms with Crippen LogP contribution in [0.25, 0.3) is 11.0 Å². The van der Waals surface area contributed by atoms with Crippen LogP contribution in [-0.4, -0.2) is 56.9 Å². The van der Waals surface area contributed by atoms with Crippen LogP contribution in [0.5, 0.6) is 0 Å². The number of aliphatic imine (C=N–C) groups is 1. The van der Waals surface area contributed by atoms with Gasteiger partial charge in [-0.25, -0.2) is 9.97 Å². The Bertz CT molecular complexity index is 879. The molecule has 3 rings (SSSR count). The zero-order chi connectivity index (χ0) is 18.9. The number of guanidine groups is 1. The van der Waals surface area contributed by atoms with Crippen LogP contribution in [0.2, 0.25) is 0 Å². The second-order valence-electron chi connectivity index (χ2n) is 5.91. The third-order valence-electron chi connectivity index (χ3n) is 3.95. The predicted molar refractivity (Wildman–Crippen MR) is 122 cm³/mol. The van der Waals surface area contributed by atoms with E-state index in [2.05, 4.69) is 41.0 Å². The maximum Gasteiger partial charge on any atom is 0.191 e. The number of nitrogens with one attached hydrogen (secondary N) is 3. The van der Waals surface area contributed by atoms with Gasteiger partial charge in [-0.1, -0.05) is 6.07 Å². The van der Waals surface area contributed by atoms with Gasteiger partial charge in [-0.2, -0.15) is 5.10 Å². The third-order valence-corrected chi connectivity index (χ3v) is 3.95. The number of hydrogen-bond acceptors (Lipinski definition) is 6. The lowest BCUT2D eigenvalue weighted by Crippen LogP contribution is -2.39. The minimum atomic E-state index is 0. The van der Waals surface area contributed by atoms with E-state index in [1.165, 1.54) is 0 Å². The molecule has 0 atom stereocenters. The lowest BCUT2D eigenvalue weighted by atomic mass is 10.3. The van der Waals surface area contributed by atoms with E-state index in [9.17, 15) is 0 Å². The fourth-order valence-electron chi connectivity index (χ4n) is 2.63. The number of aryl methyl sites for hydroxylation is 1. The average Bonchev–Trinajstić information content (AvgIpc) is 3.08. The van der Waals surface area contributed by atoms with Crippen molar-refractivity contribution in [2.24, 2.45) is 12.0 Å². The molecule has 0 radical (unpaired) electrons. The van der Waals surface area contributed by atoms with Crippen molar-refractivity contribution in [2.45, 2.75) is 13.3 Å². The van der Waals surface area contributed by atoms with E-state index in [0.717, 1.165) is 41.5 Å². The molecule has 0 spiro atoms. The monoisotopic (exact) mass is 495 g/mol. The normalized spacial score (nSPS) is 11.1. The molecule has 0 amide bonds. The minimum absolute atomic E-state index is 0. The van der Waals surface area contributed by atoms with Gasteiger partial charge < -0.3 is 16.0 Å². The summed E-state index contributed by atoms with van der Waals surface area (Å²) in [4.78, 5) is 17.5. The second-order valence-corrected chi connectivity index (χ2v) is 5.91. The Morgan fingerprint density at radius 2 is 2.04 bits per heavy atom. The summed E-state index contributed by atoms with van der Waals surface area (Å²) in [5.41, 5.74) is 1.85. The highest BCUT2D eigenvalue weighted by atomic mass is 127. The number of fused-ring (bicyclic) bond motifs is 1. The summed E-state index contributed by atoms with van der Waals surface area (Å²) in [6, 6.07) is 5.93. The molecule has 0 aromatic carbocycles. The van der Waals surface area contributed by atoms with Crippen molar-refractivity contribution in [1.29, 1.82) is 0 Å². The first-order valence-corrected chi connectivity index (χ1v) is 9.06. The first-order valence-electron chi connectivity index (χ1n) is 9.06. The van der Waals surface area contributed by atoms with Crippen molar-refractivity contribution >= 4 is 46.8 Å². The van der Waals surface area contributed by atoms with Crippen molar-refractivity contribution in [3.05, 3.63) is 42.6 Å². The number of rotatable bonds is 8.